The molecule has 3 N–H and O–H groups in total. The summed E-state index contributed by atoms with van der Waals surface area (Å²) < 4.78 is 5.79. The Hall–Kier alpha value is -3.38. The van der Waals surface area contributed by atoms with Gasteiger partial charge in [0.05, 0.1) is 6.61 Å². The number of benzene rings is 2. The van der Waals surface area contributed by atoms with Crippen LogP contribution in [0.1, 0.15) is 42.4 Å². The first kappa shape index (κ1) is 20.9. The minimum atomic E-state index is -0.599. The van der Waals surface area contributed by atoms with Crippen LogP contribution < -0.4 is 15.5 Å². The average molecular weight is 418 g/mol. The van der Waals surface area contributed by atoms with Gasteiger partial charge < -0.3 is 10.1 Å². The Balaban J connectivity index is 1.52. The Bertz CT molecular complexity index is 985. The summed E-state index contributed by atoms with van der Waals surface area (Å²) in [6.45, 7) is 0.769. The molecule has 2 aromatic rings. The van der Waals surface area contributed by atoms with Gasteiger partial charge in [0.15, 0.2) is 0 Å². The van der Waals surface area contributed by atoms with E-state index in [0.717, 1.165) is 41.9 Å². The first-order chi connectivity index (χ1) is 15.1. The molecule has 2 aromatic carbocycles. The Kier molecular flexibility index (Phi) is 6.48. The van der Waals surface area contributed by atoms with E-state index in [-0.39, 0.29) is 11.9 Å². The second-order valence-electron chi connectivity index (χ2n) is 8.06. The molecule has 0 unspecified atom stereocenters. The number of carbonyl (C=O) groups excluding carboxylic acids is 2. The lowest BCUT2D eigenvalue weighted by atomic mass is 10.00. The van der Waals surface area contributed by atoms with Crippen LogP contribution in [-0.2, 0) is 9.59 Å². The van der Waals surface area contributed by atoms with Crippen molar-refractivity contribution in [3.05, 3.63) is 71.3 Å². The standard InChI is InChI=1S/C25H26N2O4/c28-24(27-30)14-7-17-3-8-20(9-4-17)23(25(29)26-21-10-11-21)15-18-5-12-22(13-6-18)31-16-19-1-2-19/h3-9,12-15,19,21,30H,1-2,10-11,16H2,(H,26,29)(H,27,28)/b14-7+,23-15?. The monoisotopic (exact) mass is 418 g/mol. The van der Waals surface area contributed by atoms with Crippen molar-refractivity contribution < 1.29 is 19.5 Å². The summed E-state index contributed by atoms with van der Waals surface area (Å²) in [5.41, 5.74) is 4.63. The van der Waals surface area contributed by atoms with Gasteiger partial charge in [-0.15, -0.1) is 0 Å². The Morgan fingerprint density at radius 1 is 0.968 bits per heavy atom. The molecular formula is C25H26N2O4. The van der Waals surface area contributed by atoms with Crippen LogP contribution in [0.15, 0.2) is 54.6 Å². The van der Waals surface area contributed by atoms with Crippen LogP contribution >= 0.6 is 0 Å². The van der Waals surface area contributed by atoms with Crippen molar-refractivity contribution in [3.8, 4) is 5.75 Å². The molecule has 31 heavy (non-hydrogen) atoms. The molecule has 4 rings (SSSR count). The minimum absolute atomic E-state index is 0.0977. The highest BCUT2D eigenvalue weighted by molar-refractivity contribution is 6.24. The number of carbonyl (C=O) groups is 2. The molecule has 0 atom stereocenters. The van der Waals surface area contributed by atoms with Crippen molar-refractivity contribution >= 4 is 29.5 Å². The van der Waals surface area contributed by atoms with E-state index in [0.29, 0.717) is 11.5 Å². The summed E-state index contributed by atoms with van der Waals surface area (Å²) >= 11 is 0. The number of nitrogens with one attached hydrogen (secondary N) is 2. The molecule has 0 bridgehead atoms. The van der Waals surface area contributed by atoms with Crippen molar-refractivity contribution in [1.29, 1.82) is 0 Å². The maximum absolute atomic E-state index is 12.9. The Morgan fingerprint density at radius 3 is 2.26 bits per heavy atom. The fraction of sp³-hybridized carbons (Fsp3) is 0.280. The molecule has 0 heterocycles. The molecule has 2 fully saturated rings. The van der Waals surface area contributed by atoms with E-state index in [1.54, 1.807) is 11.6 Å². The zero-order valence-electron chi connectivity index (χ0n) is 17.2. The molecule has 2 saturated carbocycles. The van der Waals surface area contributed by atoms with Gasteiger partial charge in [0, 0.05) is 17.7 Å². The third-order valence-corrected chi connectivity index (χ3v) is 5.29. The summed E-state index contributed by atoms with van der Waals surface area (Å²) in [7, 11) is 0. The van der Waals surface area contributed by atoms with E-state index in [1.807, 2.05) is 54.6 Å². The molecule has 2 aliphatic carbocycles. The predicted octanol–water partition coefficient (Wildman–Crippen LogP) is 3.81. The number of hydrogen-bond acceptors (Lipinski definition) is 4. The van der Waals surface area contributed by atoms with Crippen LogP contribution in [0.25, 0.3) is 17.7 Å². The lowest BCUT2D eigenvalue weighted by molar-refractivity contribution is -0.124. The summed E-state index contributed by atoms with van der Waals surface area (Å²) in [6.07, 6.45) is 9.24. The van der Waals surface area contributed by atoms with E-state index in [9.17, 15) is 9.59 Å². The highest BCUT2D eigenvalue weighted by atomic mass is 16.5. The van der Waals surface area contributed by atoms with E-state index in [2.05, 4.69) is 5.32 Å². The molecule has 2 amide bonds. The smallest absolute Gasteiger partial charge is 0.267 e. The fourth-order valence-electron chi connectivity index (χ4n) is 3.08. The van der Waals surface area contributed by atoms with Gasteiger partial charge in [-0.3, -0.25) is 14.8 Å². The van der Waals surface area contributed by atoms with Gasteiger partial charge in [-0.1, -0.05) is 36.4 Å². The van der Waals surface area contributed by atoms with Gasteiger partial charge in [0.25, 0.3) is 11.8 Å². The first-order valence-electron chi connectivity index (χ1n) is 10.6. The molecule has 2 aliphatic rings. The van der Waals surface area contributed by atoms with Crippen molar-refractivity contribution in [2.75, 3.05) is 6.61 Å². The van der Waals surface area contributed by atoms with Crippen molar-refractivity contribution in [2.45, 2.75) is 31.7 Å². The molecular weight excluding hydrogens is 392 g/mol. The number of rotatable bonds is 9. The van der Waals surface area contributed by atoms with Gasteiger partial charge >= 0.3 is 0 Å². The lowest BCUT2D eigenvalue weighted by Crippen LogP contribution is -2.26. The second-order valence-corrected chi connectivity index (χ2v) is 8.06. The Morgan fingerprint density at radius 2 is 1.65 bits per heavy atom. The zero-order chi connectivity index (χ0) is 21.6. The van der Waals surface area contributed by atoms with Gasteiger partial charge in [-0.25, -0.2) is 5.48 Å². The molecule has 0 aromatic heterocycles. The molecule has 160 valence electrons. The van der Waals surface area contributed by atoms with Crippen LogP contribution in [0.4, 0.5) is 0 Å². The van der Waals surface area contributed by atoms with Gasteiger partial charge in [-0.05, 0) is 72.6 Å². The average Bonchev–Trinajstić information content (AvgIpc) is 3.71. The van der Waals surface area contributed by atoms with Crippen LogP contribution in [0.2, 0.25) is 0 Å². The quantitative estimate of drug-likeness (QED) is 0.250. The highest BCUT2D eigenvalue weighted by Crippen LogP contribution is 2.30. The van der Waals surface area contributed by atoms with Gasteiger partial charge in [0.2, 0.25) is 0 Å². The Labute approximate surface area is 181 Å². The minimum Gasteiger partial charge on any atom is -0.493 e. The third kappa shape index (κ3) is 6.30. The fourth-order valence-corrected chi connectivity index (χ4v) is 3.08. The van der Waals surface area contributed by atoms with E-state index < -0.39 is 5.91 Å². The second kappa shape index (κ2) is 9.62. The van der Waals surface area contributed by atoms with E-state index in [1.165, 1.54) is 18.9 Å². The maximum atomic E-state index is 12.9. The summed E-state index contributed by atoms with van der Waals surface area (Å²) in [5.74, 6) is 0.849. The van der Waals surface area contributed by atoms with Gasteiger partial charge in [0.1, 0.15) is 5.75 Å². The van der Waals surface area contributed by atoms with E-state index in [4.69, 9.17) is 9.94 Å². The first-order valence-corrected chi connectivity index (χ1v) is 10.6. The zero-order valence-corrected chi connectivity index (χ0v) is 17.2. The van der Waals surface area contributed by atoms with Crippen molar-refractivity contribution in [3.63, 3.8) is 0 Å². The van der Waals surface area contributed by atoms with Crippen LogP contribution in [-0.4, -0.2) is 29.7 Å². The predicted molar refractivity (Wildman–Crippen MR) is 119 cm³/mol. The molecule has 6 nitrogen and oxygen atoms in total. The van der Waals surface area contributed by atoms with Crippen LogP contribution in [0.5, 0.6) is 5.75 Å². The van der Waals surface area contributed by atoms with Crippen LogP contribution in [0, 0.1) is 5.92 Å². The highest BCUT2D eigenvalue weighted by Gasteiger charge is 2.25. The maximum Gasteiger partial charge on any atom is 0.267 e. The molecule has 0 saturated heterocycles. The molecule has 0 spiro atoms. The normalized spacial score (nSPS) is 16.2. The summed E-state index contributed by atoms with van der Waals surface area (Å²) in [6, 6.07) is 15.4. The number of hydroxylamine groups is 1. The number of ether oxygens (including phenoxy) is 1. The van der Waals surface area contributed by atoms with E-state index >= 15 is 0 Å². The molecule has 0 aliphatic heterocycles. The van der Waals surface area contributed by atoms with Crippen molar-refractivity contribution in [2.24, 2.45) is 5.92 Å². The number of amides is 2. The molecule has 6 heteroatoms. The topological polar surface area (TPSA) is 87.7 Å². The largest absolute Gasteiger partial charge is 0.493 e. The molecule has 0 radical (unpaired) electrons. The number of hydrogen-bond donors (Lipinski definition) is 3. The SMILES string of the molecule is O=C(/C=C/c1ccc(C(=Cc2ccc(OCC3CC3)cc2)C(=O)NC2CC2)cc1)NO. The summed E-state index contributed by atoms with van der Waals surface area (Å²) in [5, 5.41) is 11.6. The van der Waals surface area contributed by atoms with Gasteiger partial charge in [-0.2, -0.15) is 0 Å². The van der Waals surface area contributed by atoms with Crippen molar-refractivity contribution in [1.82, 2.24) is 10.8 Å². The lowest BCUT2D eigenvalue weighted by Gasteiger charge is -2.10. The van der Waals surface area contributed by atoms with Crippen LogP contribution in [0.3, 0.4) is 0 Å². The third-order valence-electron chi connectivity index (χ3n) is 5.29. The summed E-state index contributed by atoms with van der Waals surface area (Å²) in [4.78, 5) is 24.0.